The van der Waals surface area contributed by atoms with Crippen molar-refractivity contribution in [3.05, 3.63) is 65.2 Å². The van der Waals surface area contributed by atoms with Crippen LogP contribution < -0.4 is 5.43 Å². The van der Waals surface area contributed by atoms with Gasteiger partial charge in [-0.1, -0.05) is 48.9 Å². The van der Waals surface area contributed by atoms with Crippen molar-refractivity contribution in [3.63, 3.8) is 0 Å². The number of carbonyl (C=O) groups excluding carboxylic acids is 1. The molecule has 1 aliphatic heterocycles. The van der Waals surface area contributed by atoms with Crippen molar-refractivity contribution in [1.82, 2.24) is 14.6 Å². The summed E-state index contributed by atoms with van der Waals surface area (Å²) in [6.07, 6.45) is 2.59. The molecule has 0 bridgehead atoms. The molecule has 0 radical (unpaired) electrons. The molecule has 0 saturated carbocycles. The van der Waals surface area contributed by atoms with E-state index in [1.807, 2.05) is 36.1 Å². The number of amides is 1. The monoisotopic (exact) mass is 428 g/mol. The summed E-state index contributed by atoms with van der Waals surface area (Å²) in [7, 11) is -3.50. The molecular weight excluding hydrogens is 400 g/mol. The highest BCUT2D eigenvalue weighted by Crippen LogP contribution is 2.18. The molecule has 0 atom stereocenters. The number of sulfonamides is 1. The van der Waals surface area contributed by atoms with E-state index in [1.165, 1.54) is 9.87 Å². The minimum atomic E-state index is -3.50. The number of nitrogens with one attached hydrogen (secondary N) is 1. The first-order valence-electron chi connectivity index (χ1n) is 10.1. The molecule has 0 aromatic heterocycles. The minimum Gasteiger partial charge on any atom is -0.292 e. The number of hydrazone groups is 1. The molecule has 1 aliphatic rings. The molecule has 2 aromatic carbocycles. The van der Waals surface area contributed by atoms with Gasteiger partial charge >= 0.3 is 0 Å². The predicted octanol–water partition coefficient (Wildman–Crippen LogP) is 2.01. The minimum absolute atomic E-state index is 0.185. The van der Waals surface area contributed by atoms with Crippen LogP contribution in [0.2, 0.25) is 0 Å². The van der Waals surface area contributed by atoms with Crippen molar-refractivity contribution in [3.8, 4) is 0 Å². The van der Waals surface area contributed by atoms with Gasteiger partial charge in [0, 0.05) is 26.2 Å². The first-order chi connectivity index (χ1) is 14.4. The van der Waals surface area contributed by atoms with Gasteiger partial charge < -0.3 is 0 Å². The first kappa shape index (κ1) is 22.1. The molecule has 3 rings (SSSR count). The van der Waals surface area contributed by atoms with E-state index < -0.39 is 10.0 Å². The van der Waals surface area contributed by atoms with E-state index in [-0.39, 0.29) is 12.5 Å². The third kappa shape index (κ3) is 5.75. The van der Waals surface area contributed by atoms with Crippen LogP contribution in [0.3, 0.4) is 0 Å². The summed E-state index contributed by atoms with van der Waals surface area (Å²) in [6.45, 7) is 5.92. The molecule has 0 unspecified atom stereocenters. The van der Waals surface area contributed by atoms with Crippen molar-refractivity contribution in [2.75, 3.05) is 32.7 Å². The van der Waals surface area contributed by atoms with Gasteiger partial charge in [0.25, 0.3) is 5.91 Å². The summed E-state index contributed by atoms with van der Waals surface area (Å²) in [5, 5.41) is 4.01. The van der Waals surface area contributed by atoms with E-state index in [2.05, 4.69) is 17.5 Å². The highest BCUT2D eigenvalue weighted by molar-refractivity contribution is 7.89. The lowest BCUT2D eigenvalue weighted by Crippen LogP contribution is -2.50. The molecule has 1 heterocycles. The van der Waals surface area contributed by atoms with Crippen molar-refractivity contribution in [2.45, 2.75) is 25.2 Å². The van der Waals surface area contributed by atoms with Crippen molar-refractivity contribution < 1.29 is 13.2 Å². The van der Waals surface area contributed by atoms with Crippen LogP contribution >= 0.6 is 0 Å². The number of piperazine rings is 1. The summed E-state index contributed by atoms with van der Waals surface area (Å²) in [5.41, 5.74) is 5.72. The van der Waals surface area contributed by atoms with Gasteiger partial charge in [0.2, 0.25) is 10.0 Å². The number of rotatable bonds is 7. The lowest BCUT2D eigenvalue weighted by atomic mass is 10.1. The summed E-state index contributed by atoms with van der Waals surface area (Å²) in [6, 6.07) is 14.9. The fourth-order valence-corrected chi connectivity index (χ4v) is 4.67. The zero-order valence-electron chi connectivity index (χ0n) is 17.4. The van der Waals surface area contributed by atoms with Gasteiger partial charge in [-0.15, -0.1) is 0 Å². The summed E-state index contributed by atoms with van der Waals surface area (Å²) < 4.78 is 27.0. The van der Waals surface area contributed by atoms with Crippen LogP contribution in [0.5, 0.6) is 0 Å². The number of nitrogens with zero attached hydrogens (tertiary/aromatic N) is 3. The molecule has 1 amide bonds. The average molecular weight is 429 g/mol. The van der Waals surface area contributed by atoms with Gasteiger partial charge in [-0.05, 0) is 36.6 Å². The predicted molar refractivity (Wildman–Crippen MR) is 118 cm³/mol. The third-order valence-corrected chi connectivity index (χ3v) is 7.06. The highest BCUT2D eigenvalue weighted by Gasteiger charge is 2.28. The van der Waals surface area contributed by atoms with E-state index >= 15 is 0 Å². The lowest BCUT2D eigenvalue weighted by Gasteiger charge is -2.33. The van der Waals surface area contributed by atoms with Crippen molar-refractivity contribution >= 4 is 22.1 Å². The second-order valence-electron chi connectivity index (χ2n) is 7.38. The van der Waals surface area contributed by atoms with Crippen molar-refractivity contribution in [2.24, 2.45) is 5.10 Å². The topological polar surface area (TPSA) is 82.1 Å². The number of carbonyl (C=O) groups is 1. The van der Waals surface area contributed by atoms with Gasteiger partial charge in [0.05, 0.1) is 17.7 Å². The molecular formula is C22H28N4O3S. The van der Waals surface area contributed by atoms with E-state index in [0.29, 0.717) is 31.1 Å². The number of hydrogen-bond acceptors (Lipinski definition) is 5. The second-order valence-corrected chi connectivity index (χ2v) is 9.32. The Kier molecular flexibility index (Phi) is 7.36. The Labute approximate surface area is 178 Å². The zero-order chi connectivity index (χ0) is 21.6. The Hall–Kier alpha value is -2.55. The third-order valence-electron chi connectivity index (χ3n) is 5.15. The maximum atomic E-state index is 12.8. The van der Waals surface area contributed by atoms with Crippen LogP contribution in [0.1, 0.15) is 23.6 Å². The average Bonchev–Trinajstić information content (AvgIpc) is 2.75. The Bertz CT molecular complexity index is 978. The van der Waals surface area contributed by atoms with E-state index in [9.17, 15) is 13.2 Å². The van der Waals surface area contributed by atoms with E-state index in [1.54, 1.807) is 30.5 Å². The molecule has 1 N–H and O–H groups in total. The van der Waals surface area contributed by atoms with E-state index in [0.717, 1.165) is 17.5 Å². The van der Waals surface area contributed by atoms with Crippen LogP contribution in [0.4, 0.5) is 0 Å². The highest BCUT2D eigenvalue weighted by atomic mass is 32.2. The quantitative estimate of drug-likeness (QED) is 0.540. The first-order valence-corrected chi connectivity index (χ1v) is 11.5. The largest absolute Gasteiger partial charge is 0.292 e. The Morgan fingerprint density at radius 1 is 1.03 bits per heavy atom. The number of benzene rings is 2. The second kappa shape index (κ2) is 9.97. The number of aryl methyl sites for hydroxylation is 2. The maximum absolute atomic E-state index is 12.8. The fraction of sp³-hybridized carbons (Fsp3) is 0.364. The fourth-order valence-electron chi connectivity index (χ4n) is 3.24. The molecule has 1 saturated heterocycles. The van der Waals surface area contributed by atoms with Crippen LogP contribution in [0.15, 0.2) is 58.5 Å². The van der Waals surface area contributed by atoms with Gasteiger partial charge in [0.15, 0.2) is 0 Å². The molecule has 30 heavy (non-hydrogen) atoms. The van der Waals surface area contributed by atoms with Crippen LogP contribution in [0, 0.1) is 6.92 Å². The van der Waals surface area contributed by atoms with Gasteiger partial charge in [-0.3, -0.25) is 9.69 Å². The molecule has 2 aromatic rings. The summed E-state index contributed by atoms with van der Waals surface area (Å²) >= 11 is 0. The lowest BCUT2D eigenvalue weighted by molar-refractivity contribution is -0.122. The van der Waals surface area contributed by atoms with Gasteiger partial charge in [0.1, 0.15) is 0 Å². The molecule has 0 spiro atoms. The number of hydrogen-bond donors (Lipinski definition) is 1. The SMILES string of the molecule is CCc1ccc(/C=N/NC(=O)CN2CCN(S(=O)(=O)c3ccc(C)cc3)CC2)cc1. The molecule has 8 heteroatoms. The zero-order valence-corrected chi connectivity index (χ0v) is 18.2. The van der Waals surface area contributed by atoms with Crippen LogP contribution in [0.25, 0.3) is 0 Å². The Morgan fingerprint density at radius 3 is 2.27 bits per heavy atom. The summed E-state index contributed by atoms with van der Waals surface area (Å²) in [4.78, 5) is 14.4. The van der Waals surface area contributed by atoms with E-state index in [4.69, 9.17) is 0 Å². The van der Waals surface area contributed by atoms with Crippen molar-refractivity contribution in [1.29, 1.82) is 0 Å². The normalized spacial score (nSPS) is 16.1. The molecule has 0 aliphatic carbocycles. The molecule has 7 nitrogen and oxygen atoms in total. The van der Waals surface area contributed by atoms with Gasteiger partial charge in [-0.2, -0.15) is 9.41 Å². The smallest absolute Gasteiger partial charge is 0.254 e. The van der Waals surface area contributed by atoms with Gasteiger partial charge in [-0.25, -0.2) is 13.8 Å². The molecule has 160 valence electrons. The maximum Gasteiger partial charge on any atom is 0.254 e. The Morgan fingerprint density at radius 2 is 1.67 bits per heavy atom. The van der Waals surface area contributed by atoms with Crippen LogP contribution in [-0.4, -0.2) is 62.5 Å². The standard InChI is InChI=1S/C22H28N4O3S/c1-3-19-6-8-20(9-7-19)16-23-24-22(27)17-25-12-14-26(15-13-25)30(28,29)21-10-4-18(2)5-11-21/h4-11,16H,3,12-15,17H2,1-2H3,(H,24,27)/b23-16+. The van der Waals surface area contributed by atoms with Crippen LogP contribution in [-0.2, 0) is 21.2 Å². The Balaban J connectivity index is 1.46. The summed E-state index contributed by atoms with van der Waals surface area (Å²) in [5.74, 6) is -0.216. The molecule has 1 fully saturated rings.